The van der Waals surface area contributed by atoms with Crippen molar-refractivity contribution in [2.45, 2.75) is 25.4 Å². The molecule has 1 heterocycles. The summed E-state index contributed by atoms with van der Waals surface area (Å²) < 4.78 is 5.69. The van der Waals surface area contributed by atoms with Crippen molar-refractivity contribution < 1.29 is 4.74 Å². The van der Waals surface area contributed by atoms with Crippen molar-refractivity contribution in [2.75, 3.05) is 32.8 Å². The van der Waals surface area contributed by atoms with E-state index in [0.717, 1.165) is 32.7 Å². The van der Waals surface area contributed by atoms with Crippen LogP contribution in [0, 0.1) is 0 Å². The van der Waals surface area contributed by atoms with Gasteiger partial charge >= 0.3 is 0 Å². The predicted octanol–water partition coefficient (Wildman–Crippen LogP) is 1.67. The lowest BCUT2D eigenvalue weighted by Crippen LogP contribution is -2.43. The normalized spacial score (nSPS) is 21.1. The molecule has 1 aromatic rings. The van der Waals surface area contributed by atoms with Crippen LogP contribution in [0.15, 0.2) is 30.3 Å². The summed E-state index contributed by atoms with van der Waals surface area (Å²) in [5.74, 6) is 0. The SMILES string of the molecule is NCCC1CN(CCCc2ccccc2)CCO1. The van der Waals surface area contributed by atoms with Gasteiger partial charge in [-0.15, -0.1) is 0 Å². The summed E-state index contributed by atoms with van der Waals surface area (Å²) in [6, 6.07) is 10.7. The molecule has 1 fully saturated rings. The summed E-state index contributed by atoms with van der Waals surface area (Å²) >= 11 is 0. The van der Waals surface area contributed by atoms with Crippen LogP contribution in [0.5, 0.6) is 0 Å². The van der Waals surface area contributed by atoms with Gasteiger partial charge in [0.25, 0.3) is 0 Å². The first-order valence-corrected chi connectivity index (χ1v) is 6.96. The Hall–Kier alpha value is -0.900. The van der Waals surface area contributed by atoms with E-state index in [1.165, 1.54) is 24.9 Å². The molecule has 100 valence electrons. The standard InChI is InChI=1S/C15H24N2O/c16-9-8-15-13-17(11-12-18-15)10-4-7-14-5-2-1-3-6-14/h1-3,5-6,15H,4,7-13,16H2. The molecular weight excluding hydrogens is 224 g/mol. The fourth-order valence-electron chi connectivity index (χ4n) is 2.50. The van der Waals surface area contributed by atoms with Gasteiger partial charge in [0.15, 0.2) is 0 Å². The van der Waals surface area contributed by atoms with E-state index < -0.39 is 0 Å². The second-order valence-corrected chi connectivity index (χ2v) is 4.96. The van der Waals surface area contributed by atoms with Gasteiger partial charge in [-0.25, -0.2) is 0 Å². The van der Waals surface area contributed by atoms with Crippen molar-refractivity contribution in [3.63, 3.8) is 0 Å². The molecule has 0 amide bonds. The number of hydrogen-bond donors (Lipinski definition) is 1. The van der Waals surface area contributed by atoms with Crippen LogP contribution in [-0.4, -0.2) is 43.8 Å². The van der Waals surface area contributed by atoms with Gasteiger partial charge in [0.05, 0.1) is 12.7 Å². The number of aryl methyl sites for hydroxylation is 1. The van der Waals surface area contributed by atoms with Crippen molar-refractivity contribution in [1.29, 1.82) is 0 Å². The molecule has 0 spiro atoms. The highest BCUT2D eigenvalue weighted by atomic mass is 16.5. The Morgan fingerprint density at radius 1 is 1.28 bits per heavy atom. The maximum atomic E-state index is 5.69. The third-order valence-electron chi connectivity index (χ3n) is 3.49. The van der Waals surface area contributed by atoms with Gasteiger partial charge in [0.2, 0.25) is 0 Å². The summed E-state index contributed by atoms with van der Waals surface area (Å²) in [4.78, 5) is 2.51. The van der Waals surface area contributed by atoms with Crippen LogP contribution < -0.4 is 5.73 Å². The summed E-state index contributed by atoms with van der Waals surface area (Å²) in [7, 11) is 0. The minimum atomic E-state index is 0.348. The first kappa shape index (κ1) is 13.5. The largest absolute Gasteiger partial charge is 0.376 e. The van der Waals surface area contributed by atoms with Gasteiger partial charge in [0.1, 0.15) is 0 Å². The van der Waals surface area contributed by atoms with Gasteiger partial charge in [-0.05, 0) is 37.9 Å². The lowest BCUT2D eigenvalue weighted by Gasteiger charge is -2.32. The molecule has 2 N–H and O–H groups in total. The molecule has 0 saturated carbocycles. The van der Waals surface area contributed by atoms with Crippen LogP contribution in [0.3, 0.4) is 0 Å². The molecule has 1 aliphatic heterocycles. The molecule has 0 aromatic heterocycles. The van der Waals surface area contributed by atoms with Gasteiger partial charge in [0, 0.05) is 13.1 Å². The average Bonchev–Trinajstić information content (AvgIpc) is 2.41. The van der Waals surface area contributed by atoms with E-state index in [2.05, 4.69) is 35.2 Å². The predicted molar refractivity (Wildman–Crippen MR) is 74.6 cm³/mol. The van der Waals surface area contributed by atoms with Crippen LogP contribution in [0.2, 0.25) is 0 Å². The zero-order valence-electron chi connectivity index (χ0n) is 11.1. The Morgan fingerprint density at radius 3 is 2.89 bits per heavy atom. The van der Waals surface area contributed by atoms with Crippen LogP contribution >= 0.6 is 0 Å². The maximum Gasteiger partial charge on any atom is 0.0714 e. The van der Waals surface area contributed by atoms with Crippen LogP contribution in [0.25, 0.3) is 0 Å². The van der Waals surface area contributed by atoms with Crippen LogP contribution in [0.1, 0.15) is 18.4 Å². The molecule has 0 aliphatic carbocycles. The minimum absolute atomic E-state index is 0.348. The lowest BCUT2D eigenvalue weighted by atomic mass is 10.1. The Labute approximate surface area is 110 Å². The first-order chi connectivity index (χ1) is 8.88. The maximum absolute atomic E-state index is 5.69. The fourth-order valence-corrected chi connectivity index (χ4v) is 2.50. The number of hydrogen-bond acceptors (Lipinski definition) is 3. The van der Waals surface area contributed by atoms with E-state index in [9.17, 15) is 0 Å². The van der Waals surface area contributed by atoms with E-state index in [1.54, 1.807) is 0 Å². The molecule has 0 bridgehead atoms. The van der Waals surface area contributed by atoms with E-state index in [1.807, 2.05) is 0 Å². The van der Waals surface area contributed by atoms with Crippen molar-refractivity contribution in [1.82, 2.24) is 4.90 Å². The molecule has 1 aromatic carbocycles. The Bertz CT molecular complexity index is 327. The third-order valence-corrected chi connectivity index (χ3v) is 3.49. The number of morpholine rings is 1. The highest BCUT2D eigenvalue weighted by Crippen LogP contribution is 2.10. The highest BCUT2D eigenvalue weighted by Gasteiger charge is 2.18. The quantitative estimate of drug-likeness (QED) is 0.832. The Balaban J connectivity index is 1.67. The Morgan fingerprint density at radius 2 is 2.11 bits per heavy atom. The molecular formula is C15H24N2O. The molecule has 3 nitrogen and oxygen atoms in total. The minimum Gasteiger partial charge on any atom is -0.376 e. The van der Waals surface area contributed by atoms with Gasteiger partial charge in [-0.1, -0.05) is 30.3 Å². The molecule has 1 saturated heterocycles. The number of ether oxygens (including phenoxy) is 1. The number of nitrogens with two attached hydrogens (primary N) is 1. The van der Waals surface area contributed by atoms with Crippen molar-refractivity contribution in [3.05, 3.63) is 35.9 Å². The topological polar surface area (TPSA) is 38.5 Å². The third kappa shape index (κ3) is 4.41. The second-order valence-electron chi connectivity index (χ2n) is 4.96. The van der Waals surface area contributed by atoms with Crippen molar-refractivity contribution >= 4 is 0 Å². The molecule has 3 heteroatoms. The van der Waals surface area contributed by atoms with E-state index in [4.69, 9.17) is 10.5 Å². The van der Waals surface area contributed by atoms with Crippen LogP contribution in [0.4, 0.5) is 0 Å². The van der Waals surface area contributed by atoms with Crippen molar-refractivity contribution in [2.24, 2.45) is 5.73 Å². The summed E-state index contributed by atoms with van der Waals surface area (Å²) in [6.07, 6.45) is 3.72. The molecule has 2 rings (SSSR count). The number of benzene rings is 1. The molecule has 0 radical (unpaired) electrons. The van der Waals surface area contributed by atoms with E-state index >= 15 is 0 Å². The molecule has 1 atom stereocenters. The monoisotopic (exact) mass is 248 g/mol. The summed E-state index contributed by atoms with van der Waals surface area (Å²) in [5, 5.41) is 0. The van der Waals surface area contributed by atoms with Gasteiger partial charge < -0.3 is 10.5 Å². The van der Waals surface area contributed by atoms with Crippen molar-refractivity contribution in [3.8, 4) is 0 Å². The molecule has 18 heavy (non-hydrogen) atoms. The van der Waals surface area contributed by atoms with Gasteiger partial charge in [-0.2, -0.15) is 0 Å². The van der Waals surface area contributed by atoms with E-state index in [-0.39, 0.29) is 0 Å². The summed E-state index contributed by atoms with van der Waals surface area (Å²) in [5.41, 5.74) is 7.02. The lowest BCUT2D eigenvalue weighted by molar-refractivity contribution is -0.0308. The second kappa shape index (κ2) is 7.52. The first-order valence-electron chi connectivity index (χ1n) is 6.96. The molecule has 1 unspecified atom stereocenters. The van der Waals surface area contributed by atoms with Gasteiger partial charge in [-0.3, -0.25) is 4.90 Å². The highest BCUT2D eigenvalue weighted by molar-refractivity contribution is 5.14. The average molecular weight is 248 g/mol. The van der Waals surface area contributed by atoms with Crippen LogP contribution in [-0.2, 0) is 11.2 Å². The summed E-state index contributed by atoms with van der Waals surface area (Å²) in [6.45, 7) is 4.86. The zero-order chi connectivity index (χ0) is 12.6. The van der Waals surface area contributed by atoms with E-state index in [0.29, 0.717) is 6.10 Å². The fraction of sp³-hybridized carbons (Fsp3) is 0.600. The zero-order valence-corrected chi connectivity index (χ0v) is 11.1. The smallest absolute Gasteiger partial charge is 0.0714 e. The number of nitrogens with zero attached hydrogens (tertiary/aromatic N) is 1. The molecule has 1 aliphatic rings. The number of rotatable bonds is 6. The Kier molecular flexibility index (Phi) is 5.65.